The first-order valence-electron chi connectivity index (χ1n) is 5.96. The van der Waals surface area contributed by atoms with Gasteiger partial charge >= 0.3 is 0 Å². The number of nitrogens with zero attached hydrogens (tertiary/aromatic N) is 1. The molecule has 21 heavy (non-hydrogen) atoms. The monoisotopic (exact) mass is 442 g/mol. The SMILES string of the molecule is COCCNC(=O)CN(C)S(=O)(=O)c1ccc(Br)cc1Br. The van der Waals surface area contributed by atoms with Gasteiger partial charge in [-0.1, -0.05) is 15.9 Å². The van der Waals surface area contributed by atoms with Crippen LogP contribution in [0.2, 0.25) is 0 Å². The van der Waals surface area contributed by atoms with E-state index in [9.17, 15) is 13.2 Å². The molecule has 0 saturated heterocycles. The number of likely N-dealkylation sites (N-methyl/N-ethyl adjacent to an activating group) is 1. The van der Waals surface area contributed by atoms with Crippen molar-refractivity contribution in [2.24, 2.45) is 0 Å². The molecule has 0 saturated carbocycles. The summed E-state index contributed by atoms with van der Waals surface area (Å²) in [6.45, 7) is 0.459. The summed E-state index contributed by atoms with van der Waals surface area (Å²) in [5.74, 6) is -0.383. The van der Waals surface area contributed by atoms with Crippen LogP contribution in [-0.2, 0) is 19.6 Å². The lowest BCUT2D eigenvalue weighted by Crippen LogP contribution is -2.39. The highest BCUT2D eigenvalue weighted by atomic mass is 79.9. The van der Waals surface area contributed by atoms with Gasteiger partial charge < -0.3 is 10.1 Å². The van der Waals surface area contributed by atoms with Gasteiger partial charge in [0.1, 0.15) is 0 Å². The van der Waals surface area contributed by atoms with Crippen molar-refractivity contribution in [2.45, 2.75) is 4.90 Å². The van der Waals surface area contributed by atoms with E-state index < -0.39 is 10.0 Å². The zero-order valence-corrected chi connectivity index (χ0v) is 15.6. The molecule has 0 aromatic heterocycles. The van der Waals surface area contributed by atoms with Crippen LogP contribution < -0.4 is 5.32 Å². The third-order valence-corrected chi connectivity index (χ3v) is 5.85. The maximum Gasteiger partial charge on any atom is 0.244 e. The first-order valence-corrected chi connectivity index (χ1v) is 8.98. The van der Waals surface area contributed by atoms with Gasteiger partial charge in [-0.05, 0) is 34.1 Å². The molecule has 0 aliphatic heterocycles. The van der Waals surface area contributed by atoms with Crippen LogP contribution in [0.15, 0.2) is 32.0 Å². The molecule has 1 rings (SSSR count). The highest BCUT2D eigenvalue weighted by Gasteiger charge is 2.25. The Morgan fingerprint density at radius 3 is 2.62 bits per heavy atom. The summed E-state index contributed by atoms with van der Waals surface area (Å²) < 4.78 is 31.8. The number of carbonyl (C=O) groups is 1. The molecule has 118 valence electrons. The summed E-state index contributed by atoms with van der Waals surface area (Å²) in [5.41, 5.74) is 0. The average Bonchev–Trinajstić information content (AvgIpc) is 2.38. The summed E-state index contributed by atoms with van der Waals surface area (Å²) in [6, 6.07) is 4.74. The topological polar surface area (TPSA) is 75.7 Å². The number of hydrogen-bond donors (Lipinski definition) is 1. The molecule has 0 aliphatic rings. The first kappa shape index (κ1) is 18.6. The quantitative estimate of drug-likeness (QED) is 0.649. The molecule has 0 spiro atoms. The van der Waals surface area contributed by atoms with Crippen molar-refractivity contribution in [1.29, 1.82) is 0 Å². The Morgan fingerprint density at radius 1 is 1.38 bits per heavy atom. The molecule has 0 heterocycles. The van der Waals surface area contributed by atoms with Gasteiger partial charge in [0.15, 0.2) is 0 Å². The lowest BCUT2D eigenvalue weighted by Gasteiger charge is -2.17. The molecule has 0 fully saturated rings. The minimum Gasteiger partial charge on any atom is -0.383 e. The maximum absolute atomic E-state index is 12.4. The largest absolute Gasteiger partial charge is 0.383 e. The number of benzene rings is 1. The summed E-state index contributed by atoms with van der Waals surface area (Å²) in [7, 11) is -0.856. The van der Waals surface area contributed by atoms with Crippen LogP contribution in [0.25, 0.3) is 0 Å². The number of sulfonamides is 1. The molecule has 0 bridgehead atoms. The van der Waals surface area contributed by atoms with Crippen molar-refractivity contribution in [3.05, 3.63) is 27.1 Å². The van der Waals surface area contributed by atoms with E-state index in [1.807, 2.05) is 0 Å². The summed E-state index contributed by atoms with van der Waals surface area (Å²) >= 11 is 6.48. The second-order valence-corrected chi connectivity index (χ2v) is 7.96. The Bertz CT molecular complexity index is 607. The number of halogens is 2. The molecule has 6 nitrogen and oxygen atoms in total. The predicted octanol–water partition coefficient (Wildman–Crippen LogP) is 1.59. The van der Waals surface area contributed by atoms with Gasteiger partial charge in [-0.15, -0.1) is 0 Å². The minimum absolute atomic E-state index is 0.109. The number of hydrogen-bond acceptors (Lipinski definition) is 4. The Kier molecular flexibility index (Phi) is 7.28. The molecule has 1 N–H and O–H groups in total. The van der Waals surface area contributed by atoms with Crippen LogP contribution in [0.5, 0.6) is 0 Å². The van der Waals surface area contributed by atoms with E-state index in [-0.39, 0.29) is 17.3 Å². The van der Waals surface area contributed by atoms with Crippen molar-refractivity contribution < 1.29 is 17.9 Å². The minimum atomic E-state index is -3.74. The second kappa shape index (κ2) is 8.23. The molecule has 0 unspecified atom stereocenters. The van der Waals surface area contributed by atoms with Crippen molar-refractivity contribution in [3.63, 3.8) is 0 Å². The van der Waals surface area contributed by atoms with E-state index in [1.165, 1.54) is 20.2 Å². The highest BCUT2D eigenvalue weighted by Crippen LogP contribution is 2.27. The molecular weight excluding hydrogens is 428 g/mol. The molecule has 1 aromatic carbocycles. The number of carbonyl (C=O) groups excluding carboxylic acids is 1. The van der Waals surface area contributed by atoms with Gasteiger partial charge in [-0.25, -0.2) is 8.42 Å². The van der Waals surface area contributed by atoms with E-state index in [0.29, 0.717) is 17.6 Å². The third kappa shape index (κ3) is 5.33. The molecule has 0 atom stereocenters. The van der Waals surface area contributed by atoms with Gasteiger partial charge in [0.2, 0.25) is 15.9 Å². The molecular formula is C12H16Br2N2O4S. The molecule has 1 amide bonds. The fraction of sp³-hybridized carbons (Fsp3) is 0.417. The lowest BCUT2D eigenvalue weighted by atomic mass is 10.4. The Balaban J connectivity index is 2.80. The molecule has 0 aliphatic carbocycles. The van der Waals surface area contributed by atoms with Gasteiger partial charge in [0.05, 0.1) is 18.0 Å². The van der Waals surface area contributed by atoms with Crippen molar-refractivity contribution in [3.8, 4) is 0 Å². The summed E-state index contributed by atoms with van der Waals surface area (Å²) in [5, 5.41) is 2.57. The van der Waals surface area contributed by atoms with Crippen LogP contribution >= 0.6 is 31.9 Å². The van der Waals surface area contributed by atoms with Crippen molar-refractivity contribution in [1.82, 2.24) is 9.62 Å². The molecule has 0 radical (unpaired) electrons. The van der Waals surface area contributed by atoms with E-state index in [2.05, 4.69) is 37.2 Å². The van der Waals surface area contributed by atoms with Gasteiger partial charge in [0.25, 0.3) is 0 Å². The summed E-state index contributed by atoms with van der Waals surface area (Å²) in [6.07, 6.45) is 0. The zero-order valence-electron chi connectivity index (χ0n) is 11.6. The zero-order chi connectivity index (χ0) is 16.0. The average molecular weight is 444 g/mol. The Morgan fingerprint density at radius 2 is 2.05 bits per heavy atom. The van der Waals surface area contributed by atoms with Crippen LogP contribution in [0.4, 0.5) is 0 Å². The lowest BCUT2D eigenvalue weighted by molar-refractivity contribution is -0.121. The van der Waals surface area contributed by atoms with Gasteiger partial charge in [-0.2, -0.15) is 4.31 Å². The van der Waals surface area contributed by atoms with Gasteiger partial charge in [-0.3, -0.25) is 4.79 Å². The number of amides is 1. The highest BCUT2D eigenvalue weighted by molar-refractivity contribution is 9.11. The standard InChI is InChI=1S/C12H16Br2N2O4S/c1-16(8-12(17)15-5-6-20-2)21(18,19)11-4-3-9(13)7-10(11)14/h3-4,7H,5-6,8H2,1-2H3,(H,15,17). The van der Waals surface area contributed by atoms with E-state index in [1.54, 1.807) is 12.1 Å². The Hall–Kier alpha value is -0.480. The number of ether oxygens (including phenoxy) is 1. The summed E-state index contributed by atoms with van der Waals surface area (Å²) in [4.78, 5) is 11.8. The number of methoxy groups -OCH3 is 1. The fourth-order valence-corrected chi connectivity index (χ4v) is 4.32. The van der Waals surface area contributed by atoms with E-state index >= 15 is 0 Å². The second-order valence-electron chi connectivity index (χ2n) is 4.18. The number of nitrogens with one attached hydrogen (secondary N) is 1. The smallest absolute Gasteiger partial charge is 0.244 e. The Labute approximate surface area is 141 Å². The third-order valence-electron chi connectivity index (χ3n) is 2.58. The fourth-order valence-electron chi connectivity index (χ4n) is 1.49. The van der Waals surface area contributed by atoms with Crippen LogP contribution in [0, 0.1) is 0 Å². The van der Waals surface area contributed by atoms with E-state index in [0.717, 1.165) is 8.78 Å². The molecule has 9 heteroatoms. The first-order chi connectivity index (χ1) is 9.78. The van der Waals surface area contributed by atoms with Crippen LogP contribution in [0.3, 0.4) is 0 Å². The van der Waals surface area contributed by atoms with Gasteiger partial charge in [0, 0.05) is 29.6 Å². The van der Waals surface area contributed by atoms with Crippen molar-refractivity contribution in [2.75, 3.05) is 33.9 Å². The van der Waals surface area contributed by atoms with Crippen LogP contribution in [0.1, 0.15) is 0 Å². The maximum atomic E-state index is 12.4. The van der Waals surface area contributed by atoms with Crippen molar-refractivity contribution >= 4 is 47.8 Å². The van der Waals surface area contributed by atoms with E-state index in [4.69, 9.17) is 4.74 Å². The normalized spacial score (nSPS) is 11.7. The molecule has 1 aromatic rings. The van der Waals surface area contributed by atoms with Crippen LogP contribution in [-0.4, -0.2) is 52.5 Å². The number of rotatable bonds is 7. The predicted molar refractivity (Wildman–Crippen MR) is 86.5 cm³/mol.